The lowest BCUT2D eigenvalue weighted by Gasteiger charge is -2.18. The Kier molecular flexibility index (Phi) is 50.6. The van der Waals surface area contributed by atoms with Crippen LogP contribution in [0.3, 0.4) is 0 Å². The summed E-state index contributed by atoms with van der Waals surface area (Å²) in [5.41, 5.74) is 0. The SMILES string of the molecule is CC/C=C\C/C=C\C/C=C\C/C=C\C/C=C\C/C=C\CCCCC(=O)OCC(COC(=O)CCCCCCC/C=C\C/C=C\CCCC)OC(=O)C/C=C\C/C=C\C/C=C\C/C=C\C/C=C\CC. The lowest BCUT2D eigenvalue weighted by Crippen LogP contribution is -2.30. The van der Waals surface area contributed by atoms with Gasteiger partial charge in [0.25, 0.3) is 0 Å². The van der Waals surface area contributed by atoms with Crippen molar-refractivity contribution in [2.24, 2.45) is 0 Å². The normalized spacial score (nSPS) is 13.4. The van der Waals surface area contributed by atoms with Crippen LogP contribution in [0.5, 0.6) is 0 Å². The van der Waals surface area contributed by atoms with Gasteiger partial charge in [-0.15, -0.1) is 0 Å². The maximum Gasteiger partial charge on any atom is 0.310 e. The van der Waals surface area contributed by atoms with Crippen LogP contribution in [0.15, 0.2) is 158 Å². The van der Waals surface area contributed by atoms with E-state index in [4.69, 9.17) is 14.2 Å². The van der Waals surface area contributed by atoms with Crippen molar-refractivity contribution in [3.8, 4) is 0 Å². The fraction of sp³-hybridized carbons (Fsp3) is 0.532. The average Bonchev–Trinajstić information content (AvgIpc) is 3.34. The van der Waals surface area contributed by atoms with E-state index in [2.05, 4.69) is 167 Å². The minimum atomic E-state index is -0.864. The molecular weight excluding hydrogens is 841 g/mol. The number of rotatable bonds is 45. The zero-order valence-corrected chi connectivity index (χ0v) is 43.0. The molecule has 0 saturated carbocycles. The van der Waals surface area contributed by atoms with E-state index in [1.807, 2.05) is 6.08 Å². The summed E-state index contributed by atoms with van der Waals surface area (Å²) >= 11 is 0. The van der Waals surface area contributed by atoms with Crippen LogP contribution in [0.4, 0.5) is 0 Å². The molecule has 0 fully saturated rings. The number of allylic oxidation sites excluding steroid dienone is 25. The van der Waals surface area contributed by atoms with E-state index in [-0.39, 0.29) is 38.0 Å². The number of carbonyl (C=O) groups is 3. The maximum absolute atomic E-state index is 12.8. The minimum absolute atomic E-state index is 0.0758. The standard InChI is InChI=1S/C62H94O6/c1-4-7-10-13-16-19-22-25-28-29-30-31-32-33-35-37-40-43-46-49-52-55-61(64)67-58-59(57-66-60(63)54-51-48-45-42-39-36-27-24-21-18-15-12-9-6-3)68-62(65)56-53-50-47-44-41-38-34-26-23-20-17-14-11-8-5-2/h7-8,10-11,15-20,24-28,30-31,33-35,40-41,43-44,50,53,59H,4-6,9,12-14,21-23,29,32,36-39,42,45-49,51-52,54-58H2,1-3H3/b10-7-,11-8-,18-15-,19-16-,20-17-,27-24-,28-25-,31-30-,34-26-,35-33-,43-40-,44-41-,53-50-. The molecule has 0 aromatic rings. The van der Waals surface area contributed by atoms with Gasteiger partial charge in [-0.05, 0) is 122 Å². The van der Waals surface area contributed by atoms with Crippen LogP contribution >= 0.6 is 0 Å². The van der Waals surface area contributed by atoms with Crippen LogP contribution < -0.4 is 0 Å². The Morgan fingerprint density at radius 1 is 0.324 bits per heavy atom. The van der Waals surface area contributed by atoms with Crippen LogP contribution in [0.2, 0.25) is 0 Å². The topological polar surface area (TPSA) is 78.9 Å². The molecule has 0 aliphatic carbocycles. The Morgan fingerprint density at radius 2 is 0.618 bits per heavy atom. The van der Waals surface area contributed by atoms with Crippen molar-refractivity contribution in [1.29, 1.82) is 0 Å². The Labute approximate surface area is 416 Å². The molecule has 0 aromatic carbocycles. The first-order chi connectivity index (χ1) is 33.5. The average molecular weight is 935 g/mol. The van der Waals surface area contributed by atoms with Gasteiger partial charge < -0.3 is 14.2 Å². The molecule has 378 valence electrons. The molecule has 0 aliphatic rings. The molecule has 6 nitrogen and oxygen atoms in total. The van der Waals surface area contributed by atoms with Gasteiger partial charge in [-0.25, -0.2) is 0 Å². The van der Waals surface area contributed by atoms with Gasteiger partial charge in [0.15, 0.2) is 6.10 Å². The molecule has 0 radical (unpaired) electrons. The highest BCUT2D eigenvalue weighted by atomic mass is 16.6. The van der Waals surface area contributed by atoms with Gasteiger partial charge in [0.05, 0.1) is 6.42 Å². The second kappa shape index (κ2) is 54.6. The molecule has 0 heterocycles. The van der Waals surface area contributed by atoms with Crippen molar-refractivity contribution in [2.45, 2.75) is 200 Å². The lowest BCUT2D eigenvalue weighted by atomic mass is 10.1. The van der Waals surface area contributed by atoms with Crippen LogP contribution in [-0.4, -0.2) is 37.2 Å². The molecule has 0 rings (SSSR count). The summed E-state index contributed by atoms with van der Waals surface area (Å²) in [6.07, 6.45) is 79.7. The molecule has 1 unspecified atom stereocenters. The van der Waals surface area contributed by atoms with Crippen molar-refractivity contribution in [2.75, 3.05) is 13.2 Å². The third kappa shape index (κ3) is 52.0. The summed E-state index contributed by atoms with van der Waals surface area (Å²) in [4.78, 5) is 38.0. The first-order valence-electron chi connectivity index (χ1n) is 26.5. The van der Waals surface area contributed by atoms with Crippen LogP contribution in [0.1, 0.15) is 194 Å². The molecular formula is C62H94O6. The lowest BCUT2D eigenvalue weighted by molar-refractivity contribution is -0.166. The Hall–Kier alpha value is -4.97. The zero-order chi connectivity index (χ0) is 49.3. The second-order valence-electron chi connectivity index (χ2n) is 16.7. The van der Waals surface area contributed by atoms with E-state index in [1.165, 1.54) is 19.3 Å². The number of carbonyl (C=O) groups excluding carboxylic acids is 3. The fourth-order valence-corrected chi connectivity index (χ4v) is 6.36. The van der Waals surface area contributed by atoms with E-state index < -0.39 is 12.1 Å². The third-order valence-electron chi connectivity index (χ3n) is 10.3. The highest BCUT2D eigenvalue weighted by molar-refractivity contribution is 5.72. The minimum Gasteiger partial charge on any atom is -0.462 e. The Morgan fingerprint density at radius 3 is 1.00 bits per heavy atom. The van der Waals surface area contributed by atoms with Crippen molar-refractivity contribution >= 4 is 17.9 Å². The van der Waals surface area contributed by atoms with Gasteiger partial charge in [0, 0.05) is 12.8 Å². The highest BCUT2D eigenvalue weighted by Gasteiger charge is 2.19. The van der Waals surface area contributed by atoms with Gasteiger partial charge in [0.1, 0.15) is 13.2 Å². The van der Waals surface area contributed by atoms with Gasteiger partial charge in [-0.3, -0.25) is 14.4 Å². The second-order valence-corrected chi connectivity index (χ2v) is 16.7. The third-order valence-corrected chi connectivity index (χ3v) is 10.3. The number of unbranched alkanes of at least 4 members (excludes halogenated alkanes) is 9. The Balaban J connectivity index is 4.62. The molecule has 0 bridgehead atoms. The largest absolute Gasteiger partial charge is 0.462 e. The number of hydrogen-bond donors (Lipinski definition) is 0. The molecule has 6 heteroatoms. The predicted molar refractivity (Wildman–Crippen MR) is 292 cm³/mol. The summed E-state index contributed by atoms with van der Waals surface area (Å²) in [5, 5.41) is 0. The van der Waals surface area contributed by atoms with Gasteiger partial charge >= 0.3 is 17.9 Å². The number of ether oxygens (including phenoxy) is 3. The van der Waals surface area contributed by atoms with E-state index >= 15 is 0 Å². The van der Waals surface area contributed by atoms with E-state index in [9.17, 15) is 14.4 Å². The summed E-state index contributed by atoms with van der Waals surface area (Å²) in [6.45, 7) is 6.20. The summed E-state index contributed by atoms with van der Waals surface area (Å²) in [5.74, 6) is -1.15. The molecule has 1 atom stereocenters. The van der Waals surface area contributed by atoms with Crippen LogP contribution in [-0.2, 0) is 28.6 Å². The van der Waals surface area contributed by atoms with Gasteiger partial charge in [-0.2, -0.15) is 0 Å². The molecule has 0 amide bonds. The molecule has 0 saturated heterocycles. The maximum atomic E-state index is 12.8. The van der Waals surface area contributed by atoms with Crippen molar-refractivity contribution in [3.05, 3.63) is 158 Å². The van der Waals surface area contributed by atoms with E-state index in [1.54, 1.807) is 6.08 Å². The van der Waals surface area contributed by atoms with Crippen molar-refractivity contribution in [3.63, 3.8) is 0 Å². The predicted octanol–water partition coefficient (Wildman–Crippen LogP) is 17.8. The van der Waals surface area contributed by atoms with Crippen molar-refractivity contribution < 1.29 is 28.6 Å². The Bertz CT molecular complexity index is 1590. The first kappa shape index (κ1) is 63.0. The van der Waals surface area contributed by atoms with Crippen LogP contribution in [0.25, 0.3) is 0 Å². The number of esters is 3. The quantitative estimate of drug-likeness (QED) is 0.0262. The molecule has 0 aliphatic heterocycles. The smallest absolute Gasteiger partial charge is 0.310 e. The van der Waals surface area contributed by atoms with Gasteiger partial charge in [0.2, 0.25) is 0 Å². The molecule has 68 heavy (non-hydrogen) atoms. The molecule has 0 aromatic heterocycles. The fourth-order valence-electron chi connectivity index (χ4n) is 6.36. The monoisotopic (exact) mass is 935 g/mol. The summed E-state index contributed by atoms with van der Waals surface area (Å²) in [6, 6.07) is 0. The van der Waals surface area contributed by atoms with Gasteiger partial charge in [-0.1, -0.05) is 211 Å². The summed E-state index contributed by atoms with van der Waals surface area (Å²) < 4.78 is 16.6. The van der Waals surface area contributed by atoms with Crippen LogP contribution in [0, 0.1) is 0 Å². The zero-order valence-electron chi connectivity index (χ0n) is 43.0. The summed E-state index contributed by atoms with van der Waals surface area (Å²) in [7, 11) is 0. The molecule has 0 N–H and O–H groups in total. The van der Waals surface area contributed by atoms with E-state index in [0.717, 1.165) is 122 Å². The highest BCUT2D eigenvalue weighted by Crippen LogP contribution is 2.11. The number of hydrogen-bond acceptors (Lipinski definition) is 6. The van der Waals surface area contributed by atoms with Crippen molar-refractivity contribution in [1.82, 2.24) is 0 Å². The first-order valence-corrected chi connectivity index (χ1v) is 26.5. The van der Waals surface area contributed by atoms with E-state index in [0.29, 0.717) is 19.3 Å². The molecule has 0 spiro atoms.